The van der Waals surface area contributed by atoms with Gasteiger partial charge in [0.05, 0.1) is 0 Å². The first-order valence-electron chi connectivity index (χ1n) is 10.1. The minimum absolute atomic E-state index is 0.0236. The molecule has 2 aliphatic carbocycles. The maximum atomic E-state index is 12.0. The molecule has 2 aliphatic rings. The Labute approximate surface area is 162 Å². The topological polar surface area (TPSA) is 26.3 Å². The summed E-state index contributed by atoms with van der Waals surface area (Å²) in [5.41, 5.74) is 2.81. The van der Waals surface area contributed by atoms with Crippen molar-refractivity contribution in [2.24, 2.45) is 22.7 Å². The summed E-state index contributed by atoms with van der Waals surface area (Å²) < 4.78 is 6.08. The summed E-state index contributed by atoms with van der Waals surface area (Å²) in [5.74, 6) is 0.919. The molecule has 0 heterocycles. The van der Waals surface area contributed by atoms with E-state index in [1.165, 1.54) is 17.5 Å². The minimum atomic E-state index is -0.158. The molecule has 2 fully saturated rings. The molecule has 0 unspecified atom stereocenters. The number of ether oxygens (including phenoxy) is 1. The molecule has 2 nitrogen and oxygen atoms in total. The highest BCUT2D eigenvalue weighted by Gasteiger charge is 2.68. The van der Waals surface area contributed by atoms with E-state index in [0.29, 0.717) is 11.8 Å². The molecule has 0 aromatic heterocycles. The maximum absolute atomic E-state index is 12.0. The Morgan fingerprint density at radius 3 is 1.96 bits per heavy atom. The van der Waals surface area contributed by atoms with Crippen LogP contribution in [0, 0.1) is 22.7 Å². The van der Waals surface area contributed by atoms with E-state index in [0.717, 1.165) is 6.42 Å². The first-order valence-corrected chi connectivity index (χ1v) is 10.1. The van der Waals surface area contributed by atoms with Crippen LogP contribution in [0.3, 0.4) is 0 Å². The average molecular weight is 363 g/mol. The second-order valence-electron chi connectivity index (χ2n) is 9.19. The van der Waals surface area contributed by atoms with Gasteiger partial charge in [0.2, 0.25) is 0 Å². The van der Waals surface area contributed by atoms with E-state index in [4.69, 9.17) is 4.74 Å². The van der Waals surface area contributed by atoms with Crippen molar-refractivity contribution >= 4 is 5.97 Å². The minimum Gasteiger partial charge on any atom is -0.462 e. The highest BCUT2D eigenvalue weighted by molar-refractivity contribution is 5.66. The van der Waals surface area contributed by atoms with Crippen LogP contribution in [0.25, 0.3) is 0 Å². The van der Waals surface area contributed by atoms with Crippen LogP contribution in [0.1, 0.15) is 57.6 Å². The molecule has 0 spiro atoms. The molecular weight excluding hydrogens is 332 g/mol. The molecule has 2 aromatic rings. The normalized spacial score (nSPS) is 31.2. The molecule has 27 heavy (non-hydrogen) atoms. The summed E-state index contributed by atoms with van der Waals surface area (Å²) in [7, 11) is 0. The van der Waals surface area contributed by atoms with Gasteiger partial charge in [0.15, 0.2) is 0 Å². The molecule has 0 aliphatic heterocycles. The van der Waals surface area contributed by atoms with Gasteiger partial charge in [0.25, 0.3) is 0 Å². The van der Waals surface area contributed by atoms with Crippen LogP contribution < -0.4 is 0 Å². The summed E-state index contributed by atoms with van der Waals surface area (Å²) in [6.07, 6.45) is 2.30. The van der Waals surface area contributed by atoms with Gasteiger partial charge in [0, 0.05) is 24.2 Å². The quantitative estimate of drug-likeness (QED) is 0.640. The molecule has 142 valence electrons. The van der Waals surface area contributed by atoms with Crippen LogP contribution in [-0.4, -0.2) is 12.1 Å². The van der Waals surface area contributed by atoms with Gasteiger partial charge in [-0.25, -0.2) is 0 Å². The Morgan fingerprint density at radius 2 is 1.48 bits per heavy atom. The molecule has 0 saturated heterocycles. The van der Waals surface area contributed by atoms with Gasteiger partial charge in [0.1, 0.15) is 6.10 Å². The van der Waals surface area contributed by atoms with E-state index in [9.17, 15) is 4.79 Å². The van der Waals surface area contributed by atoms with Gasteiger partial charge >= 0.3 is 5.97 Å². The van der Waals surface area contributed by atoms with Crippen molar-refractivity contribution in [2.75, 3.05) is 0 Å². The molecule has 2 bridgehead atoms. The molecule has 0 N–H and O–H groups in total. The first kappa shape index (κ1) is 18.3. The van der Waals surface area contributed by atoms with Crippen LogP contribution in [0.15, 0.2) is 60.7 Å². The molecule has 0 radical (unpaired) electrons. The third-order valence-corrected chi connectivity index (χ3v) is 7.81. The zero-order valence-corrected chi connectivity index (χ0v) is 16.8. The van der Waals surface area contributed by atoms with E-state index in [1.807, 2.05) is 0 Å². The third kappa shape index (κ3) is 2.72. The van der Waals surface area contributed by atoms with Gasteiger partial charge in [-0.05, 0) is 35.3 Å². The van der Waals surface area contributed by atoms with E-state index in [1.54, 1.807) is 6.92 Å². The molecule has 2 heteroatoms. The smallest absolute Gasteiger partial charge is 0.302 e. The molecule has 4 atom stereocenters. The number of hydrogen-bond acceptors (Lipinski definition) is 2. The Kier molecular flexibility index (Phi) is 4.41. The monoisotopic (exact) mass is 362 g/mol. The lowest BCUT2D eigenvalue weighted by molar-refractivity contribution is -0.158. The van der Waals surface area contributed by atoms with E-state index >= 15 is 0 Å². The predicted molar refractivity (Wildman–Crippen MR) is 108 cm³/mol. The number of rotatable bonds is 4. The number of benzene rings is 2. The van der Waals surface area contributed by atoms with Crippen molar-refractivity contribution in [3.8, 4) is 0 Å². The molecule has 2 saturated carbocycles. The standard InChI is InChI=1S/C25H30O2/c1-17(26)27-23-22(20-15-16-25(23,4)24(20,2)3)21(18-11-7-5-8-12-18)19-13-9-6-10-14-19/h5-14,20-23H,15-16H2,1-4H3/t20-,22+,23-,25+/m0/s1. The van der Waals surface area contributed by atoms with Gasteiger partial charge in [-0.15, -0.1) is 0 Å². The SMILES string of the molecule is CC(=O)O[C@H]1[C@@H](C(c2ccccc2)c2ccccc2)[C@@H]2CC[C@@]1(C)C2(C)C. The molecule has 2 aromatic carbocycles. The lowest BCUT2D eigenvalue weighted by Gasteiger charge is -2.41. The number of hydrogen-bond donors (Lipinski definition) is 0. The van der Waals surface area contributed by atoms with Gasteiger partial charge in [-0.3, -0.25) is 4.79 Å². The average Bonchev–Trinajstić information content (AvgIpc) is 2.97. The van der Waals surface area contributed by atoms with Crippen LogP contribution in [-0.2, 0) is 9.53 Å². The van der Waals surface area contributed by atoms with Crippen molar-refractivity contribution in [1.82, 2.24) is 0 Å². The lowest BCUT2D eigenvalue weighted by Crippen LogP contribution is -2.42. The Hall–Kier alpha value is -2.09. The van der Waals surface area contributed by atoms with Crippen molar-refractivity contribution in [2.45, 2.75) is 52.6 Å². The number of carbonyl (C=O) groups is 1. The molecule has 4 rings (SSSR count). The highest BCUT2D eigenvalue weighted by Crippen LogP contribution is 2.71. The Balaban J connectivity index is 1.87. The second-order valence-corrected chi connectivity index (χ2v) is 9.19. The first-order chi connectivity index (χ1) is 12.9. The summed E-state index contributed by atoms with van der Waals surface area (Å²) in [5, 5.41) is 0. The fourth-order valence-electron chi connectivity index (χ4n) is 6.13. The van der Waals surface area contributed by atoms with Crippen molar-refractivity contribution in [3.05, 3.63) is 71.8 Å². The maximum Gasteiger partial charge on any atom is 0.302 e. The number of carbonyl (C=O) groups excluding carboxylic acids is 1. The van der Waals surface area contributed by atoms with E-state index in [-0.39, 0.29) is 28.8 Å². The Morgan fingerprint density at radius 1 is 0.963 bits per heavy atom. The third-order valence-electron chi connectivity index (χ3n) is 7.81. The summed E-state index contributed by atoms with van der Waals surface area (Å²) in [6.45, 7) is 8.66. The number of fused-ring (bicyclic) bond motifs is 2. The highest BCUT2D eigenvalue weighted by atomic mass is 16.5. The zero-order valence-electron chi connectivity index (χ0n) is 16.8. The van der Waals surface area contributed by atoms with E-state index in [2.05, 4.69) is 81.4 Å². The van der Waals surface area contributed by atoms with Gasteiger partial charge in [-0.1, -0.05) is 81.4 Å². The van der Waals surface area contributed by atoms with Crippen LogP contribution in [0.2, 0.25) is 0 Å². The lowest BCUT2D eigenvalue weighted by atomic mass is 9.68. The van der Waals surface area contributed by atoms with E-state index < -0.39 is 0 Å². The fraction of sp³-hybridized carbons (Fsp3) is 0.480. The largest absolute Gasteiger partial charge is 0.462 e. The Bertz CT molecular complexity index is 771. The van der Waals surface area contributed by atoms with Crippen molar-refractivity contribution < 1.29 is 9.53 Å². The fourth-order valence-corrected chi connectivity index (χ4v) is 6.13. The summed E-state index contributed by atoms with van der Waals surface area (Å²) >= 11 is 0. The van der Waals surface area contributed by atoms with Crippen molar-refractivity contribution in [3.63, 3.8) is 0 Å². The summed E-state index contributed by atoms with van der Waals surface area (Å²) in [4.78, 5) is 12.0. The van der Waals surface area contributed by atoms with Crippen LogP contribution in [0.4, 0.5) is 0 Å². The molecular formula is C25H30O2. The van der Waals surface area contributed by atoms with Crippen LogP contribution >= 0.6 is 0 Å². The zero-order chi connectivity index (χ0) is 19.2. The van der Waals surface area contributed by atoms with Crippen molar-refractivity contribution in [1.29, 1.82) is 0 Å². The summed E-state index contributed by atoms with van der Waals surface area (Å²) in [6, 6.07) is 21.5. The molecule has 0 amide bonds. The second kappa shape index (κ2) is 6.51. The van der Waals surface area contributed by atoms with Gasteiger partial charge in [-0.2, -0.15) is 0 Å². The number of esters is 1. The predicted octanol–water partition coefficient (Wildman–Crippen LogP) is 5.82. The van der Waals surface area contributed by atoms with Gasteiger partial charge < -0.3 is 4.74 Å². The van der Waals surface area contributed by atoms with Crippen LogP contribution in [0.5, 0.6) is 0 Å².